The van der Waals surface area contributed by atoms with E-state index in [1.165, 1.54) is 5.56 Å². The number of nitrogens with one attached hydrogen (secondary N) is 1. The lowest BCUT2D eigenvalue weighted by Gasteiger charge is -2.37. The van der Waals surface area contributed by atoms with E-state index in [2.05, 4.69) is 15.2 Å². The van der Waals surface area contributed by atoms with E-state index in [-0.39, 0.29) is 18.5 Å². The van der Waals surface area contributed by atoms with Gasteiger partial charge in [-0.3, -0.25) is 14.7 Å². The number of hydrogen-bond donors (Lipinski definition) is 1. The molecule has 0 aliphatic carbocycles. The van der Waals surface area contributed by atoms with Crippen molar-refractivity contribution in [3.63, 3.8) is 0 Å². The van der Waals surface area contributed by atoms with Gasteiger partial charge in [0.1, 0.15) is 0 Å². The number of pyridine rings is 1. The minimum atomic E-state index is -0.0475. The fourth-order valence-electron chi connectivity index (χ4n) is 4.33. The van der Waals surface area contributed by atoms with Crippen LogP contribution in [0.25, 0.3) is 0 Å². The highest BCUT2D eigenvalue weighted by molar-refractivity contribution is 6.42. The van der Waals surface area contributed by atoms with Crippen molar-refractivity contribution in [2.24, 2.45) is 0 Å². The summed E-state index contributed by atoms with van der Waals surface area (Å²) >= 11 is 12.4. The number of aromatic nitrogens is 1. The van der Waals surface area contributed by atoms with Gasteiger partial charge in [-0.2, -0.15) is 0 Å². The molecular weight excluding hydrogens is 473 g/mol. The highest BCUT2D eigenvalue weighted by Crippen LogP contribution is 2.39. The SMILES string of the molecule is COc1cc2c(cc1OC)C(Cc1ccc(Cl)c(Cl)c1)N(CC(=O)NCc1ccccn1)CC2. The third kappa shape index (κ3) is 5.63. The van der Waals surface area contributed by atoms with Crippen LogP contribution in [-0.2, 0) is 24.2 Å². The molecule has 1 unspecified atom stereocenters. The molecule has 8 heteroatoms. The first-order valence-electron chi connectivity index (χ1n) is 11.1. The summed E-state index contributed by atoms with van der Waals surface area (Å²) in [7, 11) is 3.27. The maximum Gasteiger partial charge on any atom is 0.234 e. The van der Waals surface area contributed by atoms with Gasteiger partial charge < -0.3 is 14.8 Å². The largest absolute Gasteiger partial charge is 0.493 e. The summed E-state index contributed by atoms with van der Waals surface area (Å²) < 4.78 is 11.1. The summed E-state index contributed by atoms with van der Waals surface area (Å²) in [6.45, 7) is 1.41. The monoisotopic (exact) mass is 499 g/mol. The smallest absolute Gasteiger partial charge is 0.234 e. The van der Waals surface area contributed by atoms with E-state index in [1.807, 2.05) is 48.5 Å². The number of fused-ring (bicyclic) bond motifs is 1. The zero-order valence-corrected chi connectivity index (χ0v) is 20.7. The van der Waals surface area contributed by atoms with Crippen molar-refractivity contribution in [1.29, 1.82) is 0 Å². The Bertz CT molecular complexity index is 1160. The van der Waals surface area contributed by atoms with Gasteiger partial charge in [-0.1, -0.05) is 35.3 Å². The van der Waals surface area contributed by atoms with Crippen LogP contribution in [-0.4, -0.2) is 43.1 Å². The number of halogens is 2. The Morgan fingerprint density at radius 1 is 1.09 bits per heavy atom. The van der Waals surface area contributed by atoms with E-state index >= 15 is 0 Å². The second-order valence-electron chi connectivity index (χ2n) is 8.19. The molecule has 1 amide bonds. The van der Waals surface area contributed by atoms with Crippen LogP contribution in [0.3, 0.4) is 0 Å². The number of amides is 1. The number of carbonyl (C=O) groups excluding carboxylic acids is 1. The van der Waals surface area contributed by atoms with E-state index < -0.39 is 0 Å². The Morgan fingerprint density at radius 2 is 1.88 bits per heavy atom. The molecular formula is C26H27Cl2N3O3. The maximum atomic E-state index is 12.9. The summed E-state index contributed by atoms with van der Waals surface area (Å²) in [4.78, 5) is 19.3. The number of nitrogens with zero attached hydrogens (tertiary/aromatic N) is 2. The number of carbonyl (C=O) groups is 1. The molecule has 0 bridgehead atoms. The maximum absolute atomic E-state index is 12.9. The van der Waals surface area contributed by atoms with Crippen LogP contribution in [0.15, 0.2) is 54.7 Å². The van der Waals surface area contributed by atoms with Gasteiger partial charge in [0.2, 0.25) is 5.91 Å². The zero-order valence-electron chi connectivity index (χ0n) is 19.2. The van der Waals surface area contributed by atoms with Gasteiger partial charge in [-0.05, 0) is 65.9 Å². The van der Waals surface area contributed by atoms with Crippen LogP contribution in [0.1, 0.15) is 28.4 Å². The van der Waals surface area contributed by atoms with Crippen molar-refractivity contribution in [2.75, 3.05) is 27.3 Å². The molecule has 3 aromatic rings. The molecule has 0 saturated carbocycles. The van der Waals surface area contributed by atoms with Crippen molar-refractivity contribution in [1.82, 2.24) is 15.2 Å². The lowest BCUT2D eigenvalue weighted by molar-refractivity contribution is -0.123. The van der Waals surface area contributed by atoms with Gasteiger partial charge in [0.25, 0.3) is 0 Å². The van der Waals surface area contributed by atoms with E-state index in [0.717, 1.165) is 29.8 Å². The fraction of sp³-hybridized carbons (Fsp3) is 0.308. The predicted octanol–water partition coefficient (Wildman–Crippen LogP) is 4.86. The first-order chi connectivity index (χ1) is 16.5. The van der Waals surface area contributed by atoms with Crippen LogP contribution in [0.4, 0.5) is 0 Å². The van der Waals surface area contributed by atoms with E-state index in [1.54, 1.807) is 20.4 Å². The van der Waals surface area contributed by atoms with Crippen molar-refractivity contribution in [3.8, 4) is 11.5 Å². The molecule has 0 saturated heterocycles. The Labute approximate surface area is 209 Å². The third-order valence-corrected chi connectivity index (χ3v) is 6.81. The van der Waals surface area contributed by atoms with E-state index in [0.29, 0.717) is 34.5 Å². The van der Waals surface area contributed by atoms with Gasteiger partial charge in [0.15, 0.2) is 11.5 Å². The molecule has 1 aliphatic rings. The summed E-state index contributed by atoms with van der Waals surface area (Å²) in [5, 5.41) is 4.02. The van der Waals surface area contributed by atoms with Crippen molar-refractivity contribution >= 4 is 29.1 Å². The standard InChI is InChI=1S/C26H27Cl2N3O3/c1-33-24-13-18-8-10-31(16-26(32)30-15-19-5-3-4-9-29-19)23(20(18)14-25(24)34-2)12-17-6-7-21(27)22(28)11-17/h3-7,9,11,13-14,23H,8,10,12,15-16H2,1-2H3,(H,30,32). The predicted molar refractivity (Wildman–Crippen MR) is 134 cm³/mol. The number of ether oxygens (including phenoxy) is 2. The molecule has 0 radical (unpaired) electrons. The lowest BCUT2D eigenvalue weighted by atomic mass is 9.88. The fourth-order valence-corrected chi connectivity index (χ4v) is 4.65. The highest BCUT2D eigenvalue weighted by Gasteiger charge is 2.30. The van der Waals surface area contributed by atoms with E-state index in [4.69, 9.17) is 32.7 Å². The number of methoxy groups -OCH3 is 2. The highest BCUT2D eigenvalue weighted by atomic mass is 35.5. The molecule has 1 atom stereocenters. The molecule has 4 rings (SSSR count). The summed E-state index contributed by atoms with van der Waals surface area (Å²) in [6.07, 6.45) is 3.20. The molecule has 34 heavy (non-hydrogen) atoms. The molecule has 0 spiro atoms. The second-order valence-corrected chi connectivity index (χ2v) is 9.01. The van der Waals surface area contributed by atoms with Gasteiger partial charge in [0.05, 0.1) is 43.0 Å². The third-order valence-electron chi connectivity index (χ3n) is 6.07. The number of benzene rings is 2. The lowest BCUT2D eigenvalue weighted by Crippen LogP contribution is -2.43. The average molecular weight is 500 g/mol. The van der Waals surface area contributed by atoms with Gasteiger partial charge in [0, 0.05) is 18.8 Å². The first-order valence-corrected chi connectivity index (χ1v) is 11.8. The van der Waals surface area contributed by atoms with Crippen LogP contribution >= 0.6 is 23.2 Å². The molecule has 6 nitrogen and oxygen atoms in total. The number of rotatable bonds is 8. The molecule has 1 aliphatic heterocycles. The minimum absolute atomic E-state index is 0.0404. The minimum Gasteiger partial charge on any atom is -0.493 e. The van der Waals surface area contributed by atoms with Crippen molar-refractivity contribution < 1.29 is 14.3 Å². The topological polar surface area (TPSA) is 63.7 Å². The average Bonchev–Trinajstić information content (AvgIpc) is 2.86. The van der Waals surface area contributed by atoms with Gasteiger partial charge >= 0.3 is 0 Å². The van der Waals surface area contributed by atoms with Gasteiger partial charge in [-0.25, -0.2) is 0 Å². The quantitative estimate of drug-likeness (QED) is 0.479. The normalized spacial score (nSPS) is 15.5. The molecule has 2 heterocycles. The van der Waals surface area contributed by atoms with Crippen LogP contribution in [0.5, 0.6) is 11.5 Å². The Hall–Kier alpha value is -2.80. The molecule has 0 fully saturated rings. The Morgan fingerprint density at radius 3 is 2.59 bits per heavy atom. The van der Waals surface area contributed by atoms with Crippen molar-refractivity contribution in [2.45, 2.75) is 25.4 Å². The Balaban J connectivity index is 1.59. The van der Waals surface area contributed by atoms with Crippen LogP contribution < -0.4 is 14.8 Å². The number of hydrogen-bond acceptors (Lipinski definition) is 5. The van der Waals surface area contributed by atoms with Gasteiger partial charge in [-0.15, -0.1) is 0 Å². The molecule has 2 aromatic carbocycles. The summed E-state index contributed by atoms with van der Waals surface area (Å²) in [6, 6.07) is 15.3. The molecule has 1 aromatic heterocycles. The van der Waals surface area contributed by atoms with Crippen LogP contribution in [0.2, 0.25) is 10.0 Å². The summed E-state index contributed by atoms with van der Waals surface area (Å²) in [5.74, 6) is 1.33. The molecule has 178 valence electrons. The first kappa shape index (κ1) is 24.3. The van der Waals surface area contributed by atoms with E-state index in [9.17, 15) is 4.79 Å². The Kier molecular flexibility index (Phi) is 7.93. The van der Waals surface area contributed by atoms with Crippen LogP contribution in [0, 0.1) is 0 Å². The zero-order chi connectivity index (χ0) is 24.1. The van der Waals surface area contributed by atoms with Crippen molar-refractivity contribution in [3.05, 3.63) is 87.2 Å². The summed E-state index contributed by atoms with van der Waals surface area (Å²) in [5.41, 5.74) is 4.17. The second kappa shape index (κ2) is 11.1. The molecule has 1 N–H and O–H groups in total.